The first-order chi connectivity index (χ1) is 13.2. The van der Waals surface area contributed by atoms with Crippen LogP contribution in [0.25, 0.3) is 0 Å². The van der Waals surface area contributed by atoms with Crippen LogP contribution in [0.2, 0.25) is 0 Å². The van der Waals surface area contributed by atoms with E-state index in [0.717, 1.165) is 11.3 Å². The van der Waals surface area contributed by atoms with E-state index in [1.54, 1.807) is 25.1 Å². The number of hydrogen-bond acceptors (Lipinski definition) is 7. The number of aryl methyl sites for hydroxylation is 1. The van der Waals surface area contributed by atoms with Crippen molar-refractivity contribution in [2.24, 2.45) is 5.92 Å². The highest BCUT2D eigenvalue weighted by Gasteiger charge is 2.06. The van der Waals surface area contributed by atoms with Gasteiger partial charge >= 0.3 is 0 Å². The molecule has 0 fully saturated rings. The van der Waals surface area contributed by atoms with Gasteiger partial charge in [-0.1, -0.05) is 0 Å². The predicted molar refractivity (Wildman–Crippen MR) is 109 cm³/mol. The Morgan fingerprint density at radius 3 is 2.21 bits per heavy atom. The highest BCUT2D eigenvalue weighted by Crippen LogP contribution is 2.26. The molecular weight excluding hydrogens is 358 g/mol. The van der Waals surface area contributed by atoms with E-state index in [9.17, 15) is 19.8 Å². The average molecular weight is 383 g/mol. The number of carbonyl (C=O) groups excluding carboxylic acids is 2. The summed E-state index contributed by atoms with van der Waals surface area (Å²) in [4.78, 5) is 22.8. The van der Waals surface area contributed by atoms with Crippen LogP contribution in [0.5, 0.6) is 11.5 Å². The standard InChI is InChI=1S/C11H12N2O2.C10H13NO2/c1-8(5-12)6-13-10-3-2-9(7-14)11(15)4-10;1-7-4-8(6-12)10(13)5-9(7)11(2)3/h2-4,7-8,13,15H,6H2,1H3;4-6,13H,1-3H3. The van der Waals surface area contributed by atoms with Crippen molar-refractivity contribution < 1.29 is 19.8 Å². The number of aromatic hydroxyl groups is 2. The van der Waals surface area contributed by atoms with Crippen LogP contribution in [-0.4, -0.2) is 43.4 Å². The molecule has 1 atom stereocenters. The zero-order valence-electron chi connectivity index (χ0n) is 16.4. The molecule has 28 heavy (non-hydrogen) atoms. The Morgan fingerprint density at radius 1 is 1.11 bits per heavy atom. The summed E-state index contributed by atoms with van der Waals surface area (Å²) < 4.78 is 0. The summed E-state index contributed by atoms with van der Waals surface area (Å²) in [6.07, 6.45) is 1.25. The summed E-state index contributed by atoms with van der Waals surface area (Å²) in [7, 11) is 3.78. The van der Waals surface area contributed by atoms with E-state index in [0.29, 0.717) is 30.4 Å². The van der Waals surface area contributed by atoms with Crippen molar-refractivity contribution >= 4 is 23.9 Å². The van der Waals surface area contributed by atoms with Gasteiger partial charge in [0.1, 0.15) is 11.5 Å². The van der Waals surface area contributed by atoms with Crippen molar-refractivity contribution in [1.29, 1.82) is 5.26 Å². The summed E-state index contributed by atoms with van der Waals surface area (Å²) in [6, 6.07) is 10.0. The van der Waals surface area contributed by atoms with Gasteiger partial charge in [-0.25, -0.2) is 0 Å². The second-order valence-corrected chi connectivity index (χ2v) is 6.51. The van der Waals surface area contributed by atoms with Gasteiger partial charge in [0, 0.05) is 44.1 Å². The third-order valence-corrected chi connectivity index (χ3v) is 3.94. The van der Waals surface area contributed by atoms with Gasteiger partial charge in [0.15, 0.2) is 12.6 Å². The molecule has 3 N–H and O–H groups in total. The maximum absolute atomic E-state index is 10.5. The minimum atomic E-state index is -0.0992. The SMILES string of the molecule is CC(C#N)CNc1ccc(C=O)c(O)c1.Cc1cc(C=O)c(O)cc1N(C)C. The van der Waals surface area contributed by atoms with E-state index in [4.69, 9.17) is 5.26 Å². The molecule has 0 bridgehead atoms. The van der Waals surface area contributed by atoms with Crippen LogP contribution in [0, 0.1) is 24.2 Å². The molecule has 0 saturated carbocycles. The van der Waals surface area contributed by atoms with Crippen molar-refractivity contribution in [3.63, 3.8) is 0 Å². The Morgan fingerprint density at radius 2 is 1.71 bits per heavy atom. The third-order valence-electron chi connectivity index (χ3n) is 3.94. The summed E-state index contributed by atoms with van der Waals surface area (Å²) >= 11 is 0. The van der Waals surface area contributed by atoms with E-state index in [1.165, 1.54) is 12.1 Å². The molecule has 1 unspecified atom stereocenters. The Labute approximate surface area is 164 Å². The lowest BCUT2D eigenvalue weighted by atomic mass is 10.1. The van der Waals surface area contributed by atoms with Crippen LogP contribution in [0.15, 0.2) is 30.3 Å². The lowest BCUT2D eigenvalue weighted by molar-refractivity contribution is 0.111. The monoisotopic (exact) mass is 383 g/mol. The molecule has 0 heterocycles. The zero-order chi connectivity index (χ0) is 21.3. The molecule has 0 aliphatic carbocycles. The minimum absolute atomic E-state index is 0.0318. The number of carbonyl (C=O) groups is 2. The molecule has 0 aliphatic heterocycles. The van der Waals surface area contributed by atoms with E-state index in [-0.39, 0.29) is 23.0 Å². The van der Waals surface area contributed by atoms with Crippen LogP contribution in [0.1, 0.15) is 33.2 Å². The summed E-state index contributed by atoms with van der Waals surface area (Å²) in [5.74, 6) is -0.123. The van der Waals surface area contributed by atoms with Gasteiger partial charge in [-0.05, 0) is 37.6 Å². The molecular formula is C21H25N3O4. The van der Waals surface area contributed by atoms with Crippen molar-refractivity contribution in [2.75, 3.05) is 30.9 Å². The van der Waals surface area contributed by atoms with Crippen LogP contribution in [0.4, 0.5) is 11.4 Å². The number of anilines is 2. The second kappa shape index (κ2) is 10.6. The number of benzene rings is 2. The second-order valence-electron chi connectivity index (χ2n) is 6.51. The van der Waals surface area contributed by atoms with Crippen LogP contribution in [-0.2, 0) is 0 Å². The van der Waals surface area contributed by atoms with Crippen LogP contribution in [0.3, 0.4) is 0 Å². The third kappa shape index (κ3) is 6.32. The van der Waals surface area contributed by atoms with Gasteiger partial charge in [-0.2, -0.15) is 5.26 Å². The lowest BCUT2D eigenvalue weighted by Crippen LogP contribution is -2.10. The van der Waals surface area contributed by atoms with Gasteiger partial charge in [-0.15, -0.1) is 0 Å². The fraction of sp³-hybridized carbons (Fsp3) is 0.286. The number of nitrogens with zero attached hydrogens (tertiary/aromatic N) is 2. The molecule has 0 spiro atoms. The number of phenols is 2. The minimum Gasteiger partial charge on any atom is -0.507 e. The molecule has 0 amide bonds. The molecule has 2 aromatic carbocycles. The average Bonchev–Trinajstić information content (AvgIpc) is 2.67. The van der Waals surface area contributed by atoms with E-state index < -0.39 is 0 Å². The molecule has 2 rings (SSSR count). The van der Waals surface area contributed by atoms with Crippen molar-refractivity contribution in [1.82, 2.24) is 0 Å². The smallest absolute Gasteiger partial charge is 0.153 e. The molecule has 2 aromatic rings. The van der Waals surface area contributed by atoms with Crippen molar-refractivity contribution in [2.45, 2.75) is 13.8 Å². The number of nitriles is 1. The van der Waals surface area contributed by atoms with Crippen molar-refractivity contribution in [3.05, 3.63) is 47.0 Å². The quantitative estimate of drug-likeness (QED) is 0.655. The molecule has 0 aromatic heterocycles. The van der Waals surface area contributed by atoms with Gasteiger partial charge in [0.05, 0.1) is 23.1 Å². The van der Waals surface area contributed by atoms with E-state index in [1.807, 2.05) is 25.9 Å². The number of nitrogens with one attached hydrogen (secondary N) is 1. The van der Waals surface area contributed by atoms with Gasteiger partial charge < -0.3 is 20.4 Å². The lowest BCUT2D eigenvalue weighted by Gasteiger charge is -2.16. The number of aldehydes is 2. The Kier molecular flexibility index (Phi) is 8.50. The van der Waals surface area contributed by atoms with Crippen molar-refractivity contribution in [3.8, 4) is 17.6 Å². The molecule has 0 aliphatic rings. The van der Waals surface area contributed by atoms with Gasteiger partial charge in [0.25, 0.3) is 0 Å². The van der Waals surface area contributed by atoms with E-state index in [2.05, 4.69) is 11.4 Å². The number of phenolic OH excluding ortho intramolecular Hbond substituents is 2. The van der Waals surface area contributed by atoms with E-state index >= 15 is 0 Å². The van der Waals surface area contributed by atoms with Crippen LogP contribution < -0.4 is 10.2 Å². The fourth-order valence-electron chi connectivity index (χ4n) is 2.35. The molecule has 0 radical (unpaired) electrons. The fourth-order valence-corrected chi connectivity index (χ4v) is 2.35. The first-order valence-electron chi connectivity index (χ1n) is 8.61. The summed E-state index contributed by atoms with van der Waals surface area (Å²) in [5.41, 5.74) is 3.19. The molecule has 148 valence electrons. The normalized spacial score (nSPS) is 10.7. The first-order valence-corrected chi connectivity index (χ1v) is 8.61. The van der Waals surface area contributed by atoms with Crippen LogP contribution >= 0.6 is 0 Å². The maximum atomic E-state index is 10.5. The molecule has 7 heteroatoms. The topological polar surface area (TPSA) is 114 Å². The predicted octanol–water partition coefficient (Wildman–Crippen LogP) is 3.36. The Bertz CT molecular complexity index is 873. The number of hydrogen-bond donors (Lipinski definition) is 3. The Balaban J connectivity index is 0.000000283. The zero-order valence-corrected chi connectivity index (χ0v) is 16.4. The Hall–Kier alpha value is -3.53. The largest absolute Gasteiger partial charge is 0.507 e. The highest BCUT2D eigenvalue weighted by atomic mass is 16.3. The maximum Gasteiger partial charge on any atom is 0.153 e. The van der Waals surface area contributed by atoms with Gasteiger partial charge in [-0.3, -0.25) is 9.59 Å². The molecule has 7 nitrogen and oxygen atoms in total. The first kappa shape index (κ1) is 22.5. The summed E-state index contributed by atoms with van der Waals surface area (Å²) in [5, 5.41) is 30.3. The number of rotatable bonds is 6. The summed E-state index contributed by atoms with van der Waals surface area (Å²) in [6.45, 7) is 4.21. The van der Waals surface area contributed by atoms with Gasteiger partial charge in [0.2, 0.25) is 0 Å². The highest BCUT2D eigenvalue weighted by molar-refractivity contribution is 5.81. The molecule has 0 saturated heterocycles.